The Kier molecular flexibility index (Phi) is 6.80. The summed E-state index contributed by atoms with van der Waals surface area (Å²) in [5.41, 5.74) is 1.77. The van der Waals surface area contributed by atoms with Gasteiger partial charge in [0.25, 0.3) is 0 Å². The first-order valence-electron chi connectivity index (χ1n) is 11.0. The van der Waals surface area contributed by atoms with Crippen molar-refractivity contribution >= 4 is 11.6 Å². The molecule has 0 unspecified atom stereocenters. The van der Waals surface area contributed by atoms with Crippen molar-refractivity contribution in [3.05, 3.63) is 53.0 Å². The lowest BCUT2D eigenvalue weighted by atomic mass is 9.99. The zero-order valence-corrected chi connectivity index (χ0v) is 19.0. The summed E-state index contributed by atoms with van der Waals surface area (Å²) in [6.45, 7) is 1.89. The van der Waals surface area contributed by atoms with Gasteiger partial charge in [0.1, 0.15) is 23.2 Å². The summed E-state index contributed by atoms with van der Waals surface area (Å²) in [5, 5.41) is 25.2. The summed E-state index contributed by atoms with van der Waals surface area (Å²) >= 11 is 0. The fourth-order valence-corrected chi connectivity index (χ4v) is 4.38. The van der Waals surface area contributed by atoms with Crippen molar-refractivity contribution in [2.75, 3.05) is 14.2 Å². The highest BCUT2D eigenvalue weighted by molar-refractivity contribution is 5.94. The Hall–Kier alpha value is -3.17. The van der Waals surface area contributed by atoms with Crippen molar-refractivity contribution in [2.45, 2.75) is 57.3 Å². The molecular formula is C24H29N3O6. The molecule has 1 aliphatic rings. The van der Waals surface area contributed by atoms with Crippen LogP contribution in [0.2, 0.25) is 0 Å². The predicted molar refractivity (Wildman–Crippen MR) is 120 cm³/mol. The average Bonchev–Trinajstić information content (AvgIpc) is 3.47. The molecule has 1 aromatic carbocycles. The molecule has 1 aliphatic carbocycles. The first-order chi connectivity index (χ1) is 15.9. The number of rotatable bonds is 9. The molecule has 1 saturated carbocycles. The molecule has 0 radical (unpaired) electrons. The van der Waals surface area contributed by atoms with E-state index in [2.05, 4.69) is 10.1 Å². The monoisotopic (exact) mass is 455 g/mol. The minimum atomic E-state index is -1.07. The zero-order valence-electron chi connectivity index (χ0n) is 19.0. The molecule has 2 atom stereocenters. The number of carboxylic acids is 1. The number of carboxylic acid groups (broad SMARTS) is 1. The largest absolute Gasteiger partial charge is 0.496 e. The van der Waals surface area contributed by atoms with E-state index in [9.17, 15) is 15.0 Å². The molecule has 4 rings (SSSR count). The Balaban J connectivity index is 1.68. The van der Waals surface area contributed by atoms with Crippen LogP contribution >= 0.6 is 0 Å². The van der Waals surface area contributed by atoms with E-state index < -0.39 is 18.2 Å². The van der Waals surface area contributed by atoms with Gasteiger partial charge in [-0.2, -0.15) is 5.10 Å². The smallest absolute Gasteiger partial charge is 0.339 e. The third-order valence-corrected chi connectivity index (χ3v) is 6.16. The van der Waals surface area contributed by atoms with Crippen molar-refractivity contribution in [2.24, 2.45) is 0 Å². The van der Waals surface area contributed by atoms with Crippen molar-refractivity contribution in [1.29, 1.82) is 0 Å². The van der Waals surface area contributed by atoms with E-state index in [-0.39, 0.29) is 23.7 Å². The van der Waals surface area contributed by atoms with Gasteiger partial charge >= 0.3 is 5.97 Å². The van der Waals surface area contributed by atoms with Gasteiger partial charge in [0.05, 0.1) is 26.4 Å². The average molecular weight is 456 g/mol. The van der Waals surface area contributed by atoms with E-state index in [0.717, 1.165) is 31.2 Å². The number of benzene rings is 1. The molecule has 1 fully saturated rings. The van der Waals surface area contributed by atoms with Gasteiger partial charge in [0, 0.05) is 18.2 Å². The van der Waals surface area contributed by atoms with E-state index in [0.29, 0.717) is 22.9 Å². The summed E-state index contributed by atoms with van der Waals surface area (Å²) in [6.07, 6.45) is 4.36. The zero-order chi connectivity index (χ0) is 23.5. The number of ether oxygens (including phenoxy) is 3. The van der Waals surface area contributed by atoms with Crippen LogP contribution in [0.25, 0.3) is 5.65 Å². The maximum absolute atomic E-state index is 11.5. The number of carbonyl (C=O) groups is 1. The quantitative estimate of drug-likeness (QED) is 0.505. The van der Waals surface area contributed by atoms with Gasteiger partial charge in [-0.1, -0.05) is 12.8 Å². The first kappa shape index (κ1) is 23.0. The number of aromatic nitrogens is 3. The van der Waals surface area contributed by atoms with Gasteiger partial charge < -0.3 is 24.4 Å². The van der Waals surface area contributed by atoms with Gasteiger partial charge in [-0.15, -0.1) is 0 Å². The highest BCUT2D eigenvalue weighted by atomic mass is 16.5. The maximum atomic E-state index is 11.5. The van der Waals surface area contributed by atoms with Gasteiger partial charge in [0.15, 0.2) is 11.5 Å². The molecule has 0 saturated heterocycles. The van der Waals surface area contributed by atoms with E-state index >= 15 is 0 Å². The van der Waals surface area contributed by atoms with Crippen LogP contribution in [0.5, 0.6) is 11.5 Å². The minimum Gasteiger partial charge on any atom is -0.496 e. The number of aliphatic hydroxyl groups is 1. The molecule has 0 bridgehead atoms. The van der Waals surface area contributed by atoms with Crippen molar-refractivity contribution in [3.8, 4) is 11.5 Å². The van der Waals surface area contributed by atoms with Gasteiger partial charge in [0.2, 0.25) is 0 Å². The second-order valence-corrected chi connectivity index (χ2v) is 8.30. The molecule has 176 valence electrons. The second-order valence-electron chi connectivity index (χ2n) is 8.30. The number of hydrogen-bond acceptors (Lipinski definition) is 7. The van der Waals surface area contributed by atoms with E-state index in [1.165, 1.54) is 10.6 Å². The Morgan fingerprint density at radius 2 is 1.88 bits per heavy atom. The van der Waals surface area contributed by atoms with Crippen LogP contribution in [-0.2, 0) is 11.2 Å². The molecule has 9 nitrogen and oxygen atoms in total. The SMILES string of the molecule is COc1cc([C@@H](O)[C@H](Cc2nc3c(C(=O)O)cccn3n2)OC2CCCC2)cc(OC)c1C. The molecule has 2 aromatic heterocycles. The molecule has 0 amide bonds. The van der Waals surface area contributed by atoms with E-state index in [1.54, 1.807) is 38.6 Å². The number of aliphatic hydroxyl groups excluding tert-OH is 1. The van der Waals surface area contributed by atoms with Gasteiger partial charge in [-0.3, -0.25) is 0 Å². The number of hydrogen-bond donors (Lipinski definition) is 2. The summed E-state index contributed by atoms with van der Waals surface area (Å²) in [5.74, 6) is 0.550. The fourth-order valence-electron chi connectivity index (χ4n) is 4.38. The molecule has 0 aliphatic heterocycles. The van der Waals surface area contributed by atoms with Crippen molar-refractivity contribution < 1.29 is 29.2 Å². The van der Waals surface area contributed by atoms with E-state index in [4.69, 9.17) is 14.2 Å². The Morgan fingerprint density at radius 1 is 1.21 bits per heavy atom. The molecule has 33 heavy (non-hydrogen) atoms. The summed E-state index contributed by atoms with van der Waals surface area (Å²) in [6, 6.07) is 6.67. The highest BCUT2D eigenvalue weighted by Crippen LogP contribution is 2.35. The van der Waals surface area contributed by atoms with Gasteiger partial charge in [-0.25, -0.2) is 14.3 Å². The normalized spacial score (nSPS) is 16.1. The Labute approximate surface area is 191 Å². The standard InChI is InChI=1S/C24H29N3O6/c1-14-18(31-2)11-15(12-19(14)32-3)22(28)20(33-16-7-4-5-8-16)13-21-25-23-17(24(29)30)9-6-10-27(23)26-21/h6,9-12,16,20,22,28H,4-5,7-8,13H2,1-3H3,(H,29,30)/t20-,22+/m0/s1. The number of nitrogens with zero attached hydrogens (tertiary/aromatic N) is 3. The van der Waals surface area contributed by atoms with Crippen LogP contribution in [0.1, 0.15) is 59.1 Å². The summed E-state index contributed by atoms with van der Waals surface area (Å²) in [7, 11) is 3.15. The number of pyridine rings is 1. The molecule has 3 aromatic rings. The van der Waals surface area contributed by atoms with Crippen LogP contribution in [0, 0.1) is 6.92 Å². The third kappa shape index (κ3) is 4.79. The van der Waals surface area contributed by atoms with Crippen LogP contribution < -0.4 is 9.47 Å². The first-order valence-corrected chi connectivity index (χ1v) is 11.0. The Bertz CT molecular complexity index is 1110. The van der Waals surface area contributed by atoms with Crippen LogP contribution in [-0.4, -0.2) is 57.2 Å². The molecule has 2 heterocycles. The summed E-state index contributed by atoms with van der Waals surface area (Å²) < 4.78 is 18.7. The number of fused-ring (bicyclic) bond motifs is 1. The molecular weight excluding hydrogens is 426 g/mol. The highest BCUT2D eigenvalue weighted by Gasteiger charge is 2.30. The second kappa shape index (κ2) is 9.76. The lowest BCUT2D eigenvalue weighted by molar-refractivity contribution is -0.0761. The van der Waals surface area contributed by atoms with E-state index in [1.807, 2.05) is 6.92 Å². The van der Waals surface area contributed by atoms with Crippen molar-refractivity contribution in [1.82, 2.24) is 14.6 Å². The lowest BCUT2D eigenvalue weighted by Gasteiger charge is -2.27. The number of aromatic carboxylic acids is 1. The molecule has 0 spiro atoms. The third-order valence-electron chi connectivity index (χ3n) is 6.16. The molecule has 2 N–H and O–H groups in total. The lowest BCUT2D eigenvalue weighted by Crippen LogP contribution is -2.29. The topological polar surface area (TPSA) is 115 Å². The van der Waals surface area contributed by atoms with Crippen LogP contribution in [0.3, 0.4) is 0 Å². The fraction of sp³-hybridized carbons (Fsp3) is 0.458. The predicted octanol–water partition coefficient (Wildman–Crippen LogP) is 3.36. The maximum Gasteiger partial charge on any atom is 0.339 e. The Morgan fingerprint density at radius 3 is 2.48 bits per heavy atom. The van der Waals surface area contributed by atoms with Crippen LogP contribution in [0.15, 0.2) is 30.5 Å². The van der Waals surface area contributed by atoms with Gasteiger partial charge in [-0.05, 0) is 49.6 Å². The van der Waals surface area contributed by atoms with Crippen LogP contribution in [0.4, 0.5) is 0 Å². The number of methoxy groups -OCH3 is 2. The minimum absolute atomic E-state index is 0.0468. The summed E-state index contributed by atoms with van der Waals surface area (Å²) in [4.78, 5) is 16.0. The van der Waals surface area contributed by atoms with Crippen molar-refractivity contribution in [3.63, 3.8) is 0 Å². The molecule has 9 heteroatoms.